The first-order chi connectivity index (χ1) is 7.36. The number of likely N-dealkylation sites (tertiary alicyclic amines) is 1. The highest BCUT2D eigenvalue weighted by atomic mass is 15.1. The molecule has 0 aromatic heterocycles. The van der Waals surface area contributed by atoms with E-state index < -0.39 is 0 Å². The molecule has 0 spiro atoms. The Balaban J connectivity index is 1.99. The van der Waals surface area contributed by atoms with Gasteiger partial charge < -0.3 is 4.90 Å². The zero-order chi connectivity index (χ0) is 10.3. The van der Waals surface area contributed by atoms with Crippen LogP contribution in [0.5, 0.6) is 0 Å². The Kier molecular flexibility index (Phi) is 2.28. The second-order valence-electron chi connectivity index (χ2n) is 5.03. The van der Waals surface area contributed by atoms with Crippen LogP contribution >= 0.6 is 0 Å². The van der Waals surface area contributed by atoms with Gasteiger partial charge in [0.2, 0.25) is 0 Å². The van der Waals surface area contributed by atoms with Crippen molar-refractivity contribution < 1.29 is 0 Å². The third-order valence-corrected chi connectivity index (χ3v) is 4.22. The molecule has 1 aliphatic heterocycles. The lowest BCUT2D eigenvalue weighted by atomic mass is 9.74. The molecule has 0 saturated carbocycles. The molecule has 2 atom stereocenters. The molecule has 0 radical (unpaired) electrons. The number of benzene rings is 1. The van der Waals surface area contributed by atoms with Crippen LogP contribution in [0.15, 0.2) is 24.3 Å². The van der Waals surface area contributed by atoms with Crippen molar-refractivity contribution in [3.8, 4) is 0 Å². The zero-order valence-corrected chi connectivity index (χ0v) is 9.45. The summed E-state index contributed by atoms with van der Waals surface area (Å²) in [7, 11) is 2.30. The van der Waals surface area contributed by atoms with Crippen LogP contribution in [0.2, 0.25) is 0 Å². The van der Waals surface area contributed by atoms with Crippen LogP contribution in [0.1, 0.15) is 36.3 Å². The Labute approximate surface area is 92.1 Å². The summed E-state index contributed by atoms with van der Waals surface area (Å²) in [6.07, 6.45) is 5.40. The van der Waals surface area contributed by atoms with E-state index in [1.807, 2.05) is 0 Å². The third-order valence-electron chi connectivity index (χ3n) is 4.22. The minimum absolute atomic E-state index is 0.814. The molecule has 1 saturated heterocycles. The highest BCUT2D eigenvalue weighted by Gasteiger charge is 2.33. The average molecular weight is 201 g/mol. The van der Waals surface area contributed by atoms with Gasteiger partial charge in [-0.05, 0) is 56.3 Å². The van der Waals surface area contributed by atoms with E-state index in [2.05, 4.69) is 36.2 Å². The monoisotopic (exact) mass is 201 g/mol. The molecule has 3 rings (SSSR count). The van der Waals surface area contributed by atoms with Crippen LogP contribution in [0.3, 0.4) is 0 Å². The average Bonchev–Trinajstić information content (AvgIpc) is 2.29. The van der Waals surface area contributed by atoms with Crippen molar-refractivity contribution in [3.63, 3.8) is 0 Å². The van der Waals surface area contributed by atoms with Crippen molar-refractivity contribution in [2.45, 2.75) is 37.6 Å². The Morgan fingerprint density at radius 3 is 3.00 bits per heavy atom. The highest BCUT2D eigenvalue weighted by Crippen LogP contribution is 2.39. The fraction of sp³-hybridized carbons (Fsp3) is 0.571. The molecular formula is C14H19N. The Bertz CT molecular complexity index is 358. The molecule has 1 aromatic carbocycles. The molecule has 1 nitrogen and oxygen atoms in total. The molecule has 0 N–H and O–H groups in total. The summed E-state index contributed by atoms with van der Waals surface area (Å²) in [6, 6.07) is 9.88. The quantitative estimate of drug-likeness (QED) is 0.624. The lowest BCUT2D eigenvalue weighted by Gasteiger charge is -2.43. The van der Waals surface area contributed by atoms with Gasteiger partial charge in [0.05, 0.1) is 0 Å². The van der Waals surface area contributed by atoms with Crippen LogP contribution in [-0.4, -0.2) is 24.5 Å². The number of rotatable bonds is 0. The summed E-state index contributed by atoms with van der Waals surface area (Å²) in [5.74, 6) is 0.814. The zero-order valence-electron chi connectivity index (χ0n) is 9.45. The largest absolute Gasteiger partial charge is 0.303 e. The van der Waals surface area contributed by atoms with Crippen LogP contribution in [0.25, 0.3) is 0 Å². The van der Waals surface area contributed by atoms with Crippen molar-refractivity contribution in [1.82, 2.24) is 4.90 Å². The molecule has 1 aliphatic carbocycles. The first kappa shape index (κ1) is 9.41. The maximum Gasteiger partial charge on any atom is 0.0164 e. The SMILES string of the molecule is CN1CCCC2c3ccccc3CCC21. The van der Waals surface area contributed by atoms with Crippen LogP contribution < -0.4 is 0 Å². The summed E-state index contributed by atoms with van der Waals surface area (Å²) in [6.45, 7) is 1.29. The fourth-order valence-corrected chi connectivity index (χ4v) is 3.44. The van der Waals surface area contributed by atoms with E-state index in [4.69, 9.17) is 0 Å². The molecule has 1 fully saturated rings. The molecule has 0 bridgehead atoms. The topological polar surface area (TPSA) is 3.24 Å². The number of aryl methyl sites for hydroxylation is 1. The lowest BCUT2D eigenvalue weighted by Crippen LogP contribution is -2.43. The number of nitrogens with zero attached hydrogens (tertiary/aromatic N) is 1. The fourth-order valence-electron chi connectivity index (χ4n) is 3.44. The van der Waals surface area contributed by atoms with Crippen molar-refractivity contribution in [2.75, 3.05) is 13.6 Å². The minimum Gasteiger partial charge on any atom is -0.303 e. The van der Waals surface area contributed by atoms with E-state index >= 15 is 0 Å². The van der Waals surface area contributed by atoms with E-state index in [1.165, 1.54) is 32.2 Å². The molecule has 0 amide bonds. The maximum absolute atomic E-state index is 2.57. The number of hydrogen-bond acceptors (Lipinski definition) is 1. The first-order valence-corrected chi connectivity index (χ1v) is 6.14. The Morgan fingerprint density at radius 2 is 2.07 bits per heavy atom. The van der Waals surface area contributed by atoms with Crippen LogP contribution in [-0.2, 0) is 6.42 Å². The standard InChI is InChI=1S/C14H19N/c1-15-10-4-7-13-12-6-3-2-5-11(12)8-9-14(13)15/h2-3,5-6,13-14H,4,7-10H2,1H3. The third kappa shape index (κ3) is 1.50. The summed E-state index contributed by atoms with van der Waals surface area (Å²) in [4.78, 5) is 2.57. The molecule has 2 unspecified atom stereocenters. The maximum atomic E-state index is 2.57. The van der Waals surface area contributed by atoms with Gasteiger partial charge in [0.15, 0.2) is 0 Å². The van der Waals surface area contributed by atoms with Gasteiger partial charge in [-0.1, -0.05) is 24.3 Å². The molecule has 1 heterocycles. The van der Waals surface area contributed by atoms with E-state index in [-0.39, 0.29) is 0 Å². The van der Waals surface area contributed by atoms with Gasteiger partial charge in [-0.25, -0.2) is 0 Å². The summed E-state index contributed by atoms with van der Waals surface area (Å²) in [5.41, 5.74) is 3.24. The summed E-state index contributed by atoms with van der Waals surface area (Å²) < 4.78 is 0. The number of hydrogen-bond donors (Lipinski definition) is 0. The molecular weight excluding hydrogens is 182 g/mol. The Morgan fingerprint density at radius 1 is 1.20 bits per heavy atom. The normalized spacial score (nSPS) is 30.7. The van der Waals surface area contributed by atoms with Crippen LogP contribution in [0.4, 0.5) is 0 Å². The number of piperidine rings is 1. The van der Waals surface area contributed by atoms with Crippen molar-refractivity contribution in [1.29, 1.82) is 0 Å². The molecule has 2 aliphatic rings. The van der Waals surface area contributed by atoms with Crippen LogP contribution in [0, 0.1) is 0 Å². The molecule has 1 heteroatoms. The molecule has 80 valence electrons. The van der Waals surface area contributed by atoms with Crippen molar-refractivity contribution in [3.05, 3.63) is 35.4 Å². The van der Waals surface area contributed by atoms with E-state index in [0.717, 1.165) is 12.0 Å². The highest BCUT2D eigenvalue weighted by molar-refractivity contribution is 5.34. The first-order valence-electron chi connectivity index (χ1n) is 6.14. The van der Waals surface area contributed by atoms with Gasteiger partial charge in [0, 0.05) is 6.04 Å². The van der Waals surface area contributed by atoms with Gasteiger partial charge in [-0.3, -0.25) is 0 Å². The second-order valence-corrected chi connectivity index (χ2v) is 5.03. The molecule has 1 aromatic rings. The Hall–Kier alpha value is -0.820. The molecule has 15 heavy (non-hydrogen) atoms. The number of likely N-dealkylation sites (N-methyl/N-ethyl adjacent to an activating group) is 1. The second kappa shape index (κ2) is 3.64. The summed E-state index contributed by atoms with van der Waals surface area (Å²) >= 11 is 0. The summed E-state index contributed by atoms with van der Waals surface area (Å²) in [5, 5.41) is 0. The van der Waals surface area contributed by atoms with E-state index in [9.17, 15) is 0 Å². The van der Waals surface area contributed by atoms with Gasteiger partial charge >= 0.3 is 0 Å². The van der Waals surface area contributed by atoms with Crippen molar-refractivity contribution >= 4 is 0 Å². The van der Waals surface area contributed by atoms with E-state index in [1.54, 1.807) is 11.1 Å². The van der Waals surface area contributed by atoms with Gasteiger partial charge in [0.1, 0.15) is 0 Å². The number of fused-ring (bicyclic) bond motifs is 3. The predicted octanol–water partition coefficient (Wildman–Crippen LogP) is 2.81. The minimum atomic E-state index is 0.814. The van der Waals surface area contributed by atoms with Gasteiger partial charge in [0.25, 0.3) is 0 Å². The predicted molar refractivity (Wildman–Crippen MR) is 63.2 cm³/mol. The van der Waals surface area contributed by atoms with Crippen molar-refractivity contribution in [2.24, 2.45) is 0 Å². The van der Waals surface area contributed by atoms with Gasteiger partial charge in [-0.2, -0.15) is 0 Å². The van der Waals surface area contributed by atoms with E-state index in [0.29, 0.717) is 0 Å². The lowest BCUT2D eigenvalue weighted by molar-refractivity contribution is 0.143. The van der Waals surface area contributed by atoms with Gasteiger partial charge in [-0.15, -0.1) is 0 Å². The smallest absolute Gasteiger partial charge is 0.0164 e.